The van der Waals surface area contributed by atoms with Crippen LogP contribution in [-0.2, 0) is 6.61 Å². The summed E-state index contributed by atoms with van der Waals surface area (Å²) >= 11 is 11.9. The van der Waals surface area contributed by atoms with Crippen molar-refractivity contribution in [1.82, 2.24) is 0 Å². The van der Waals surface area contributed by atoms with Gasteiger partial charge in [-0.1, -0.05) is 53.5 Å². The van der Waals surface area contributed by atoms with Gasteiger partial charge in [0.15, 0.2) is 0 Å². The number of hydrogen-bond donors (Lipinski definition) is 2. The molecule has 0 amide bonds. The Labute approximate surface area is 127 Å². The highest BCUT2D eigenvalue weighted by Crippen LogP contribution is 2.33. The standard InChI is InChI=1S/C15H14Cl2O3/c16-12-6-11(8-18)15(13(17)7-12)20-9-14(19)10-4-2-1-3-5-10/h1-7,14,18-19H,8-9H2. The molecule has 0 aliphatic heterocycles. The Morgan fingerprint density at radius 3 is 2.45 bits per heavy atom. The second kappa shape index (κ2) is 6.95. The van der Waals surface area contributed by atoms with Gasteiger partial charge in [-0.2, -0.15) is 0 Å². The minimum Gasteiger partial charge on any atom is -0.489 e. The minimum absolute atomic E-state index is 0.0400. The van der Waals surface area contributed by atoms with E-state index in [1.807, 2.05) is 30.3 Å². The smallest absolute Gasteiger partial charge is 0.143 e. The van der Waals surface area contributed by atoms with Gasteiger partial charge in [0.25, 0.3) is 0 Å². The highest BCUT2D eigenvalue weighted by Gasteiger charge is 2.13. The molecule has 0 aliphatic rings. The van der Waals surface area contributed by atoms with Crippen LogP contribution in [0.5, 0.6) is 5.75 Å². The molecule has 3 nitrogen and oxygen atoms in total. The molecule has 0 bridgehead atoms. The number of benzene rings is 2. The van der Waals surface area contributed by atoms with Crippen LogP contribution in [-0.4, -0.2) is 16.8 Å². The van der Waals surface area contributed by atoms with Crippen molar-refractivity contribution in [3.05, 3.63) is 63.6 Å². The average Bonchev–Trinajstić information content (AvgIpc) is 2.46. The predicted molar refractivity (Wildman–Crippen MR) is 79.3 cm³/mol. The summed E-state index contributed by atoms with van der Waals surface area (Å²) in [7, 11) is 0. The molecule has 0 saturated carbocycles. The minimum atomic E-state index is -0.769. The van der Waals surface area contributed by atoms with Crippen LogP contribution >= 0.6 is 23.2 Å². The van der Waals surface area contributed by atoms with Gasteiger partial charge in [0.2, 0.25) is 0 Å². The third-order valence-corrected chi connectivity index (χ3v) is 3.32. The summed E-state index contributed by atoms with van der Waals surface area (Å²) in [5, 5.41) is 20.1. The fraction of sp³-hybridized carbons (Fsp3) is 0.200. The van der Waals surface area contributed by atoms with E-state index in [0.29, 0.717) is 21.4 Å². The first-order valence-electron chi connectivity index (χ1n) is 6.06. The summed E-state index contributed by atoms with van der Waals surface area (Å²) in [6.07, 6.45) is -0.769. The van der Waals surface area contributed by atoms with E-state index < -0.39 is 6.10 Å². The SMILES string of the molecule is OCc1cc(Cl)cc(Cl)c1OCC(O)c1ccccc1. The first kappa shape index (κ1) is 15.1. The molecule has 0 aromatic heterocycles. The number of aliphatic hydroxyl groups is 2. The highest BCUT2D eigenvalue weighted by atomic mass is 35.5. The van der Waals surface area contributed by atoms with E-state index in [-0.39, 0.29) is 13.2 Å². The van der Waals surface area contributed by atoms with Crippen molar-refractivity contribution >= 4 is 23.2 Å². The molecule has 2 aromatic carbocycles. The number of rotatable bonds is 5. The first-order chi connectivity index (χ1) is 9.61. The lowest BCUT2D eigenvalue weighted by molar-refractivity contribution is 0.106. The van der Waals surface area contributed by atoms with Crippen LogP contribution in [0.1, 0.15) is 17.2 Å². The van der Waals surface area contributed by atoms with Crippen molar-refractivity contribution in [3.8, 4) is 5.75 Å². The largest absolute Gasteiger partial charge is 0.489 e. The van der Waals surface area contributed by atoms with E-state index in [4.69, 9.17) is 27.9 Å². The van der Waals surface area contributed by atoms with E-state index in [0.717, 1.165) is 5.56 Å². The van der Waals surface area contributed by atoms with E-state index >= 15 is 0 Å². The molecule has 0 radical (unpaired) electrons. The van der Waals surface area contributed by atoms with Crippen LogP contribution in [0.2, 0.25) is 10.0 Å². The zero-order valence-corrected chi connectivity index (χ0v) is 12.1. The molecule has 5 heteroatoms. The quantitative estimate of drug-likeness (QED) is 0.887. The molecule has 2 rings (SSSR count). The summed E-state index contributed by atoms with van der Waals surface area (Å²) in [4.78, 5) is 0. The number of halogens is 2. The van der Waals surface area contributed by atoms with Crippen molar-refractivity contribution < 1.29 is 14.9 Å². The van der Waals surface area contributed by atoms with Gasteiger partial charge in [0.05, 0.1) is 11.6 Å². The Kier molecular flexibility index (Phi) is 5.26. The predicted octanol–water partition coefficient (Wildman–Crippen LogP) is 3.60. The van der Waals surface area contributed by atoms with Gasteiger partial charge in [-0.05, 0) is 17.7 Å². The molecular weight excluding hydrogens is 299 g/mol. The zero-order chi connectivity index (χ0) is 14.5. The van der Waals surface area contributed by atoms with E-state index in [9.17, 15) is 10.2 Å². The van der Waals surface area contributed by atoms with Crippen LogP contribution in [0.3, 0.4) is 0 Å². The number of aliphatic hydroxyl groups excluding tert-OH is 2. The third kappa shape index (κ3) is 3.64. The molecule has 1 unspecified atom stereocenters. The molecule has 0 aliphatic carbocycles. The Hall–Kier alpha value is -1.26. The maximum Gasteiger partial charge on any atom is 0.143 e. The normalized spacial score (nSPS) is 12.2. The van der Waals surface area contributed by atoms with Crippen LogP contribution < -0.4 is 4.74 Å². The summed E-state index contributed by atoms with van der Waals surface area (Å²) in [6, 6.07) is 12.3. The number of hydrogen-bond acceptors (Lipinski definition) is 3. The van der Waals surface area contributed by atoms with Crippen molar-refractivity contribution in [2.24, 2.45) is 0 Å². The second-order valence-corrected chi connectivity index (χ2v) is 5.12. The van der Waals surface area contributed by atoms with Crippen LogP contribution in [0.4, 0.5) is 0 Å². The van der Waals surface area contributed by atoms with Gasteiger partial charge >= 0.3 is 0 Å². The van der Waals surface area contributed by atoms with E-state index in [1.165, 1.54) is 6.07 Å². The monoisotopic (exact) mass is 312 g/mol. The van der Waals surface area contributed by atoms with Gasteiger partial charge in [-0.25, -0.2) is 0 Å². The highest BCUT2D eigenvalue weighted by molar-refractivity contribution is 6.35. The van der Waals surface area contributed by atoms with Crippen molar-refractivity contribution in [3.63, 3.8) is 0 Å². The summed E-state index contributed by atoms with van der Waals surface area (Å²) in [5.74, 6) is 0.341. The van der Waals surface area contributed by atoms with Gasteiger partial charge in [-0.15, -0.1) is 0 Å². The van der Waals surface area contributed by atoms with Gasteiger partial charge in [-0.3, -0.25) is 0 Å². The van der Waals surface area contributed by atoms with Gasteiger partial charge < -0.3 is 14.9 Å². The molecule has 0 heterocycles. The topological polar surface area (TPSA) is 49.7 Å². The third-order valence-electron chi connectivity index (χ3n) is 2.83. The molecule has 0 spiro atoms. The van der Waals surface area contributed by atoms with Crippen molar-refractivity contribution in [2.45, 2.75) is 12.7 Å². The summed E-state index contributed by atoms with van der Waals surface area (Å²) in [6.45, 7) is -0.199. The average molecular weight is 313 g/mol. The van der Waals surface area contributed by atoms with Crippen molar-refractivity contribution in [1.29, 1.82) is 0 Å². The first-order valence-corrected chi connectivity index (χ1v) is 6.82. The van der Waals surface area contributed by atoms with Crippen LogP contribution in [0, 0.1) is 0 Å². The van der Waals surface area contributed by atoms with E-state index in [1.54, 1.807) is 6.07 Å². The molecule has 106 valence electrons. The maximum atomic E-state index is 10.0. The second-order valence-electron chi connectivity index (χ2n) is 4.27. The van der Waals surface area contributed by atoms with Gasteiger partial charge in [0, 0.05) is 10.6 Å². The molecule has 20 heavy (non-hydrogen) atoms. The fourth-order valence-electron chi connectivity index (χ4n) is 1.83. The number of ether oxygens (including phenoxy) is 1. The molecular formula is C15H14Cl2O3. The molecule has 0 fully saturated rings. The summed E-state index contributed by atoms with van der Waals surface area (Å²) < 4.78 is 5.53. The lowest BCUT2D eigenvalue weighted by Gasteiger charge is -2.16. The van der Waals surface area contributed by atoms with Crippen LogP contribution in [0.25, 0.3) is 0 Å². The lowest BCUT2D eigenvalue weighted by Crippen LogP contribution is -2.11. The maximum absolute atomic E-state index is 10.0. The molecule has 2 N–H and O–H groups in total. The van der Waals surface area contributed by atoms with E-state index in [2.05, 4.69) is 0 Å². The Balaban J connectivity index is 2.11. The van der Waals surface area contributed by atoms with Crippen molar-refractivity contribution in [2.75, 3.05) is 6.61 Å². The summed E-state index contributed by atoms with van der Waals surface area (Å²) in [5.41, 5.74) is 1.24. The Bertz CT molecular complexity index is 573. The molecule has 0 saturated heterocycles. The zero-order valence-electron chi connectivity index (χ0n) is 10.6. The Morgan fingerprint density at radius 2 is 1.80 bits per heavy atom. The lowest BCUT2D eigenvalue weighted by atomic mass is 10.1. The molecule has 2 aromatic rings. The van der Waals surface area contributed by atoms with Crippen LogP contribution in [0.15, 0.2) is 42.5 Å². The fourth-order valence-corrected chi connectivity index (χ4v) is 2.42. The van der Waals surface area contributed by atoms with Gasteiger partial charge in [0.1, 0.15) is 18.5 Å². The Morgan fingerprint density at radius 1 is 1.10 bits per heavy atom. The molecule has 1 atom stereocenters.